The fraction of sp³-hybridized carbons (Fsp3) is 0.310. The van der Waals surface area contributed by atoms with Crippen LogP contribution in [0.3, 0.4) is 0 Å². The number of fused-ring (bicyclic) bond motifs is 1. The van der Waals surface area contributed by atoms with Crippen molar-refractivity contribution in [2.75, 3.05) is 24.7 Å². The van der Waals surface area contributed by atoms with Crippen LogP contribution in [0.5, 0.6) is 11.5 Å². The number of nitrogens with one attached hydrogen (secondary N) is 1. The van der Waals surface area contributed by atoms with E-state index in [1.165, 1.54) is 0 Å². The molecular weight excluding hydrogens is 440 g/mol. The number of para-hydroxylation sites is 1. The van der Waals surface area contributed by atoms with Gasteiger partial charge < -0.3 is 19.7 Å². The lowest BCUT2D eigenvalue weighted by Gasteiger charge is -2.18. The van der Waals surface area contributed by atoms with Gasteiger partial charge in [-0.2, -0.15) is 0 Å². The maximum Gasteiger partial charge on any atom is 0.258 e. The molecule has 0 saturated carbocycles. The first-order valence-corrected chi connectivity index (χ1v) is 12.1. The largest absolute Gasteiger partial charge is 0.490 e. The number of anilines is 1. The van der Waals surface area contributed by atoms with Gasteiger partial charge in [0.1, 0.15) is 0 Å². The van der Waals surface area contributed by atoms with Crippen LogP contribution in [0.2, 0.25) is 0 Å². The predicted octanol–water partition coefficient (Wildman–Crippen LogP) is 4.85. The molecular formula is C29H32N2O4. The van der Waals surface area contributed by atoms with Gasteiger partial charge >= 0.3 is 0 Å². The molecule has 35 heavy (non-hydrogen) atoms. The van der Waals surface area contributed by atoms with Gasteiger partial charge in [0.15, 0.2) is 11.5 Å². The third kappa shape index (κ3) is 5.65. The second kappa shape index (κ2) is 11.1. The molecule has 0 bridgehead atoms. The van der Waals surface area contributed by atoms with Crippen molar-refractivity contribution in [1.29, 1.82) is 0 Å². The molecule has 0 aromatic heterocycles. The molecule has 2 amide bonds. The SMILES string of the molecule is CCOc1cccc(CC(=O)NCc2ccc3c(c2)CCN3C(=O)c2cccc(C)c2)c1OCC. The maximum absolute atomic E-state index is 13.0. The van der Waals surface area contributed by atoms with Crippen molar-refractivity contribution in [2.45, 2.75) is 40.2 Å². The summed E-state index contributed by atoms with van der Waals surface area (Å²) in [4.78, 5) is 27.6. The number of hydrogen-bond acceptors (Lipinski definition) is 4. The van der Waals surface area contributed by atoms with E-state index in [1.54, 1.807) is 0 Å². The van der Waals surface area contributed by atoms with E-state index in [1.807, 2.05) is 80.3 Å². The molecule has 1 aliphatic rings. The van der Waals surface area contributed by atoms with Gasteiger partial charge in [0.05, 0.1) is 19.6 Å². The van der Waals surface area contributed by atoms with E-state index >= 15 is 0 Å². The molecule has 182 valence electrons. The minimum atomic E-state index is -0.0867. The van der Waals surface area contributed by atoms with Crippen LogP contribution < -0.4 is 19.7 Å². The van der Waals surface area contributed by atoms with Crippen LogP contribution in [0.1, 0.15) is 46.5 Å². The lowest BCUT2D eigenvalue weighted by molar-refractivity contribution is -0.120. The van der Waals surface area contributed by atoms with Crippen molar-refractivity contribution in [2.24, 2.45) is 0 Å². The molecule has 0 spiro atoms. The number of hydrogen-bond donors (Lipinski definition) is 1. The van der Waals surface area contributed by atoms with Crippen molar-refractivity contribution in [3.8, 4) is 11.5 Å². The first kappa shape index (κ1) is 24.3. The van der Waals surface area contributed by atoms with Gasteiger partial charge in [-0.25, -0.2) is 0 Å². The van der Waals surface area contributed by atoms with Gasteiger partial charge in [-0.3, -0.25) is 9.59 Å². The summed E-state index contributed by atoms with van der Waals surface area (Å²) in [6.07, 6.45) is 1.01. The summed E-state index contributed by atoms with van der Waals surface area (Å²) >= 11 is 0. The maximum atomic E-state index is 13.0. The highest BCUT2D eigenvalue weighted by molar-refractivity contribution is 6.07. The fourth-order valence-corrected chi connectivity index (χ4v) is 4.42. The van der Waals surface area contributed by atoms with E-state index in [-0.39, 0.29) is 18.2 Å². The zero-order valence-corrected chi connectivity index (χ0v) is 20.6. The zero-order valence-electron chi connectivity index (χ0n) is 20.6. The highest BCUT2D eigenvalue weighted by Gasteiger charge is 2.26. The Morgan fingerprint density at radius 1 is 0.971 bits per heavy atom. The highest BCUT2D eigenvalue weighted by Crippen LogP contribution is 2.32. The second-order valence-corrected chi connectivity index (χ2v) is 8.60. The summed E-state index contributed by atoms with van der Waals surface area (Å²) in [7, 11) is 0. The van der Waals surface area contributed by atoms with Crippen LogP contribution in [0.15, 0.2) is 60.7 Å². The van der Waals surface area contributed by atoms with Crippen molar-refractivity contribution >= 4 is 17.5 Å². The van der Waals surface area contributed by atoms with Crippen molar-refractivity contribution in [3.05, 3.63) is 88.5 Å². The topological polar surface area (TPSA) is 67.9 Å². The van der Waals surface area contributed by atoms with Gasteiger partial charge in [-0.05, 0) is 62.6 Å². The first-order valence-electron chi connectivity index (χ1n) is 12.1. The molecule has 0 atom stereocenters. The normalized spacial score (nSPS) is 12.3. The molecule has 1 N–H and O–H groups in total. The number of benzene rings is 3. The van der Waals surface area contributed by atoms with Crippen molar-refractivity contribution in [3.63, 3.8) is 0 Å². The number of ether oxygens (including phenoxy) is 2. The van der Waals surface area contributed by atoms with Crippen LogP contribution in [-0.2, 0) is 24.2 Å². The molecule has 6 nitrogen and oxygen atoms in total. The number of carbonyl (C=O) groups excluding carboxylic acids is 2. The third-order valence-electron chi connectivity index (χ3n) is 6.04. The predicted molar refractivity (Wildman–Crippen MR) is 137 cm³/mol. The minimum absolute atomic E-state index is 0.0212. The minimum Gasteiger partial charge on any atom is -0.490 e. The van der Waals surface area contributed by atoms with E-state index < -0.39 is 0 Å². The summed E-state index contributed by atoms with van der Waals surface area (Å²) in [5.74, 6) is 1.22. The standard InChI is InChI=1S/C29H32N2O4/c1-4-34-26-11-7-9-23(28(26)35-5-2)18-27(32)30-19-21-12-13-25-22(17-21)14-15-31(25)29(33)24-10-6-8-20(3)16-24/h6-13,16-17H,4-5,14-15,18-19H2,1-3H3,(H,30,32). The summed E-state index contributed by atoms with van der Waals surface area (Å²) in [6, 6.07) is 19.3. The van der Waals surface area contributed by atoms with E-state index in [0.29, 0.717) is 43.4 Å². The monoisotopic (exact) mass is 472 g/mol. The number of nitrogens with zero attached hydrogens (tertiary/aromatic N) is 1. The molecule has 1 heterocycles. The molecule has 0 unspecified atom stereocenters. The Morgan fingerprint density at radius 3 is 2.54 bits per heavy atom. The highest BCUT2D eigenvalue weighted by atomic mass is 16.5. The lowest BCUT2D eigenvalue weighted by Crippen LogP contribution is -2.28. The van der Waals surface area contributed by atoms with Gasteiger partial charge in [-0.15, -0.1) is 0 Å². The average Bonchev–Trinajstić information content (AvgIpc) is 3.28. The number of rotatable bonds is 9. The van der Waals surface area contributed by atoms with Gasteiger partial charge in [0.25, 0.3) is 5.91 Å². The van der Waals surface area contributed by atoms with E-state index in [9.17, 15) is 9.59 Å². The van der Waals surface area contributed by atoms with Gasteiger partial charge in [-0.1, -0.05) is 42.0 Å². The quantitative estimate of drug-likeness (QED) is 0.483. The fourth-order valence-electron chi connectivity index (χ4n) is 4.42. The molecule has 3 aromatic rings. The average molecular weight is 473 g/mol. The first-order chi connectivity index (χ1) is 17.0. The third-order valence-corrected chi connectivity index (χ3v) is 6.04. The molecule has 0 aliphatic carbocycles. The van der Waals surface area contributed by atoms with Crippen LogP contribution in [0.4, 0.5) is 5.69 Å². The van der Waals surface area contributed by atoms with Crippen molar-refractivity contribution in [1.82, 2.24) is 5.32 Å². The van der Waals surface area contributed by atoms with Crippen LogP contribution in [0.25, 0.3) is 0 Å². The van der Waals surface area contributed by atoms with E-state index in [0.717, 1.165) is 34.4 Å². The second-order valence-electron chi connectivity index (χ2n) is 8.60. The van der Waals surface area contributed by atoms with Crippen LogP contribution >= 0.6 is 0 Å². The molecule has 3 aromatic carbocycles. The Morgan fingerprint density at radius 2 is 1.77 bits per heavy atom. The van der Waals surface area contributed by atoms with Crippen LogP contribution in [-0.4, -0.2) is 31.6 Å². The molecule has 0 fully saturated rings. The zero-order chi connectivity index (χ0) is 24.8. The Balaban J connectivity index is 1.40. The van der Waals surface area contributed by atoms with E-state index in [2.05, 4.69) is 11.4 Å². The number of amides is 2. The van der Waals surface area contributed by atoms with Gasteiger partial charge in [0, 0.05) is 29.9 Å². The molecule has 0 radical (unpaired) electrons. The summed E-state index contributed by atoms with van der Waals surface area (Å²) in [5.41, 5.74) is 5.65. The lowest BCUT2D eigenvalue weighted by atomic mass is 10.1. The van der Waals surface area contributed by atoms with Crippen molar-refractivity contribution < 1.29 is 19.1 Å². The number of aryl methyl sites for hydroxylation is 1. The molecule has 6 heteroatoms. The summed E-state index contributed by atoms with van der Waals surface area (Å²) in [5, 5.41) is 3.01. The summed E-state index contributed by atoms with van der Waals surface area (Å²) < 4.78 is 11.4. The summed E-state index contributed by atoms with van der Waals surface area (Å²) in [6.45, 7) is 7.93. The molecule has 4 rings (SSSR count). The Kier molecular flexibility index (Phi) is 7.70. The molecule has 0 saturated heterocycles. The van der Waals surface area contributed by atoms with Crippen LogP contribution in [0, 0.1) is 6.92 Å². The van der Waals surface area contributed by atoms with E-state index in [4.69, 9.17) is 9.47 Å². The van der Waals surface area contributed by atoms with Gasteiger partial charge in [0.2, 0.25) is 5.91 Å². The Labute approximate surface area is 206 Å². The Hall–Kier alpha value is -3.80. The smallest absolute Gasteiger partial charge is 0.258 e. The number of carbonyl (C=O) groups is 2. The Bertz CT molecular complexity index is 1220. The molecule has 1 aliphatic heterocycles.